The highest BCUT2D eigenvalue weighted by Crippen LogP contribution is 2.32. The van der Waals surface area contributed by atoms with Crippen LogP contribution in [0.25, 0.3) is 0 Å². The van der Waals surface area contributed by atoms with Crippen LogP contribution in [0.4, 0.5) is 0 Å². The van der Waals surface area contributed by atoms with Gasteiger partial charge >= 0.3 is 0 Å². The SMILES string of the molecule is CCCCCCC(C)(CCCCC)N1N=CCC1N. The summed E-state index contributed by atoms with van der Waals surface area (Å²) in [6.45, 7) is 6.89. The second-order valence-electron chi connectivity index (χ2n) is 6.21. The third-order valence-corrected chi connectivity index (χ3v) is 4.31. The van der Waals surface area contributed by atoms with Crippen LogP contribution in [-0.2, 0) is 0 Å². The van der Waals surface area contributed by atoms with Crippen molar-refractivity contribution in [2.24, 2.45) is 10.8 Å². The zero-order valence-electron chi connectivity index (χ0n) is 13.2. The van der Waals surface area contributed by atoms with Gasteiger partial charge in [-0.15, -0.1) is 0 Å². The summed E-state index contributed by atoms with van der Waals surface area (Å²) in [5, 5.41) is 6.74. The zero-order chi connectivity index (χ0) is 14.1. The van der Waals surface area contributed by atoms with Crippen molar-refractivity contribution in [3.63, 3.8) is 0 Å². The van der Waals surface area contributed by atoms with Crippen molar-refractivity contribution in [2.45, 2.75) is 96.7 Å². The molecule has 0 amide bonds. The highest BCUT2D eigenvalue weighted by atomic mass is 15.5. The minimum Gasteiger partial charge on any atom is -0.310 e. The number of unbranched alkanes of at least 4 members (excludes halogenated alkanes) is 5. The Hall–Kier alpha value is -0.570. The minimum absolute atomic E-state index is 0.0952. The van der Waals surface area contributed by atoms with E-state index in [1.54, 1.807) is 0 Å². The van der Waals surface area contributed by atoms with Gasteiger partial charge in [-0.05, 0) is 19.8 Å². The number of rotatable bonds is 10. The second-order valence-corrected chi connectivity index (χ2v) is 6.21. The van der Waals surface area contributed by atoms with Crippen LogP contribution in [0.1, 0.15) is 85.0 Å². The third-order valence-electron chi connectivity index (χ3n) is 4.31. The van der Waals surface area contributed by atoms with Crippen molar-refractivity contribution in [3.8, 4) is 0 Å². The van der Waals surface area contributed by atoms with E-state index in [0.29, 0.717) is 0 Å². The maximum Gasteiger partial charge on any atom is 0.0996 e. The van der Waals surface area contributed by atoms with E-state index >= 15 is 0 Å². The first-order chi connectivity index (χ1) is 9.14. The van der Waals surface area contributed by atoms with E-state index in [1.807, 2.05) is 6.21 Å². The molecule has 0 aromatic carbocycles. The van der Waals surface area contributed by atoms with Crippen molar-refractivity contribution in [1.82, 2.24) is 5.01 Å². The Kier molecular flexibility index (Phi) is 7.44. The molecule has 0 bridgehead atoms. The Bertz CT molecular complexity index is 265. The van der Waals surface area contributed by atoms with Crippen LogP contribution in [0.5, 0.6) is 0 Å². The summed E-state index contributed by atoms with van der Waals surface area (Å²) < 4.78 is 0. The number of hydrogen-bond donors (Lipinski definition) is 1. The molecule has 0 saturated heterocycles. The first kappa shape index (κ1) is 16.5. The van der Waals surface area contributed by atoms with Gasteiger partial charge in [0.15, 0.2) is 0 Å². The maximum atomic E-state index is 6.20. The largest absolute Gasteiger partial charge is 0.310 e. The summed E-state index contributed by atoms with van der Waals surface area (Å²) >= 11 is 0. The smallest absolute Gasteiger partial charge is 0.0996 e. The Balaban J connectivity index is 2.52. The van der Waals surface area contributed by atoms with Gasteiger partial charge in [0.1, 0.15) is 0 Å². The predicted molar refractivity (Wildman–Crippen MR) is 84.2 cm³/mol. The van der Waals surface area contributed by atoms with Gasteiger partial charge in [0.2, 0.25) is 0 Å². The van der Waals surface area contributed by atoms with Gasteiger partial charge in [-0.3, -0.25) is 5.01 Å². The molecule has 1 aliphatic heterocycles. The standard InChI is InChI=1S/C16H33N3/c1-4-6-8-10-13-16(3,12-9-7-5-2)19-15(17)11-14-18-19/h14-15H,4-13,17H2,1-3H3. The van der Waals surface area contributed by atoms with E-state index in [1.165, 1.54) is 57.8 Å². The summed E-state index contributed by atoms with van der Waals surface area (Å²) in [6.07, 6.45) is 14.6. The molecule has 1 rings (SSSR count). The van der Waals surface area contributed by atoms with Gasteiger partial charge in [-0.2, -0.15) is 5.10 Å². The maximum absolute atomic E-state index is 6.20. The van der Waals surface area contributed by atoms with E-state index in [9.17, 15) is 0 Å². The summed E-state index contributed by atoms with van der Waals surface area (Å²) in [6, 6.07) is 0. The Morgan fingerprint density at radius 1 is 1.11 bits per heavy atom. The highest BCUT2D eigenvalue weighted by Gasteiger charge is 2.35. The van der Waals surface area contributed by atoms with E-state index in [4.69, 9.17) is 5.73 Å². The van der Waals surface area contributed by atoms with Gasteiger partial charge in [0, 0.05) is 12.6 Å². The first-order valence-electron chi connectivity index (χ1n) is 8.21. The molecule has 1 heterocycles. The number of hydrazone groups is 1. The molecule has 0 aliphatic carbocycles. The minimum atomic E-state index is 0.0952. The molecular formula is C16H33N3. The van der Waals surface area contributed by atoms with Crippen molar-refractivity contribution in [3.05, 3.63) is 0 Å². The Morgan fingerprint density at radius 2 is 1.68 bits per heavy atom. The molecule has 2 unspecified atom stereocenters. The van der Waals surface area contributed by atoms with Crippen LogP contribution in [0, 0.1) is 0 Å². The van der Waals surface area contributed by atoms with Crippen molar-refractivity contribution in [1.29, 1.82) is 0 Å². The quantitative estimate of drug-likeness (QED) is 0.600. The average Bonchev–Trinajstić information content (AvgIpc) is 2.82. The summed E-state index contributed by atoms with van der Waals surface area (Å²) in [4.78, 5) is 0. The monoisotopic (exact) mass is 267 g/mol. The molecule has 0 fully saturated rings. The van der Waals surface area contributed by atoms with E-state index in [-0.39, 0.29) is 11.7 Å². The topological polar surface area (TPSA) is 41.6 Å². The molecule has 0 aromatic heterocycles. The Labute approximate surface area is 119 Å². The van der Waals surface area contributed by atoms with E-state index < -0.39 is 0 Å². The van der Waals surface area contributed by atoms with Crippen LogP contribution in [0.3, 0.4) is 0 Å². The van der Waals surface area contributed by atoms with Crippen LogP contribution in [0.15, 0.2) is 5.10 Å². The predicted octanol–water partition coefficient (Wildman–Crippen LogP) is 4.27. The second kappa shape index (κ2) is 8.57. The summed E-state index contributed by atoms with van der Waals surface area (Å²) in [5.41, 5.74) is 6.36. The highest BCUT2D eigenvalue weighted by molar-refractivity contribution is 5.59. The lowest BCUT2D eigenvalue weighted by Crippen LogP contribution is -2.50. The molecule has 0 spiro atoms. The van der Waals surface area contributed by atoms with Gasteiger partial charge in [-0.25, -0.2) is 0 Å². The van der Waals surface area contributed by atoms with Gasteiger partial charge in [0.25, 0.3) is 0 Å². The fraction of sp³-hybridized carbons (Fsp3) is 0.938. The van der Waals surface area contributed by atoms with Crippen LogP contribution in [-0.4, -0.2) is 22.9 Å². The van der Waals surface area contributed by atoms with Gasteiger partial charge < -0.3 is 5.73 Å². The molecule has 1 aliphatic rings. The molecule has 0 radical (unpaired) electrons. The third kappa shape index (κ3) is 5.13. The van der Waals surface area contributed by atoms with Gasteiger partial charge in [-0.1, -0.05) is 58.8 Å². The van der Waals surface area contributed by atoms with Crippen molar-refractivity contribution in [2.75, 3.05) is 0 Å². The molecule has 19 heavy (non-hydrogen) atoms. The number of nitrogens with two attached hydrogens (primary N) is 1. The summed E-state index contributed by atoms with van der Waals surface area (Å²) in [7, 11) is 0. The van der Waals surface area contributed by atoms with Crippen LogP contribution < -0.4 is 5.73 Å². The molecule has 3 nitrogen and oxygen atoms in total. The lowest BCUT2D eigenvalue weighted by atomic mass is 9.87. The fourth-order valence-electron chi connectivity index (χ4n) is 3.01. The zero-order valence-corrected chi connectivity index (χ0v) is 13.2. The average molecular weight is 267 g/mol. The molecule has 112 valence electrons. The molecule has 2 N–H and O–H groups in total. The number of hydrogen-bond acceptors (Lipinski definition) is 3. The van der Waals surface area contributed by atoms with Crippen LogP contribution in [0.2, 0.25) is 0 Å². The van der Waals surface area contributed by atoms with Crippen LogP contribution >= 0.6 is 0 Å². The fourth-order valence-corrected chi connectivity index (χ4v) is 3.01. The van der Waals surface area contributed by atoms with E-state index in [0.717, 1.165) is 6.42 Å². The lowest BCUT2D eigenvalue weighted by Gasteiger charge is -2.40. The van der Waals surface area contributed by atoms with Crippen molar-refractivity contribution >= 4 is 6.21 Å². The Morgan fingerprint density at radius 3 is 2.21 bits per heavy atom. The normalized spacial score (nSPS) is 21.9. The summed E-state index contributed by atoms with van der Waals surface area (Å²) in [5.74, 6) is 0. The van der Waals surface area contributed by atoms with Crippen molar-refractivity contribution < 1.29 is 0 Å². The molecule has 0 saturated carbocycles. The molecule has 0 aromatic rings. The molecule has 3 heteroatoms. The van der Waals surface area contributed by atoms with E-state index in [2.05, 4.69) is 30.9 Å². The number of nitrogens with zero attached hydrogens (tertiary/aromatic N) is 2. The first-order valence-corrected chi connectivity index (χ1v) is 8.21. The lowest BCUT2D eigenvalue weighted by molar-refractivity contribution is 0.0558. The van der Waals surface area contributed by atoms with Gasteiger partial charge in [0.05, 0.1) is 11.7 Å². The molecule has 2 atom stereocenters. The molecular weight excluding hydrogens is 234 g/mol.